The number of nitrogens with two attached hydrogens (primary N) is 1. The molecule has 2 rings (SSSR count). The quantitative estimate of drug-likeness (QED) is 0.826. The van der Waals surface area contributed by atoms with Crippen LogP contribution in [0.3, 0.4) is 0 Å². The molecule has 0 spiro atoms. The molecule has 94 valence electrons. The fourth-order valence-electron chi connectivity index (χ4n) is 1.47. The zero-order chi connectivity index (χ0) is 13.1. The first kappa shape index (κ1) is 13.5. The molecule has 0 fully saturated rings. The van der Waals surface area contributed by atoms with Crippen molar-refractivity contribution in [3.8, 4) is 0 Å². The Morgan fingerprint density at radius 2 is 2.22 bits per heavy atom. The van der Waals surface area contributed by atoms with Crippen molar-refractivity contribution in [2.24, 2.45) is 5.73 Å². The monoisotopic (exact) mass is 344 g/mol. The van der Waals surface area contributed by atoms with E-state index >= 15 is 0 Å². The number of hydrogen-bond acceptors (Lipinski definition) is 3. The molecule has 1 heterocycles. The minimum Gasteiger partial charge on any atom is -0.389 e. The first-order chi connectivity index (χ1) is 8.59. The van der Waals surface area contributed by atoms with Crippen LogP contribution in [0.15, 0.2) is 34.1 Å². The minimum absolute atomic E-state index is 0.172. The average molecular weight is 345 g/mol. The fourth-order valence-corrected chi connectivity index (χ4v) is 2.98. The molecule has 18 heavy (non-hydrogen) atoms. The van der Waals surface area contributed by atoms with Crippen LogP contribution in [0.4, 0.5) is 10.1 Å². The highest BCUT2D eigenvalue weighted by molar-refractivity contribution is 9.10. The Labute approximate surface area is 122 Å². The highest BCUT2D eigenvalue weighted by atomic mass is 79.9. The second-order valence-electron chi connectivity index (χ2n) is 3.59. The molecule has 0 saturated carbocycles. The van der Waals surface area contributed by atoms with Crippen LogP contribution >= 0.6 is 39.5 Å². The average Bonchev–Trinajstić information content (AvgIpc) is 2.83. The van der Waals surface area contributed by atoms with E-state index in [9.17, 15) is 4.39 Å². The number of rotatable bonds is 4. The summed E-state index contributed by atoms with van der Waals surface area (Å²) in [6, 6.07) is 7.30. The number of halogens is 2. The molecular formula is C12H10BrFN2S2. The zero-order valence-corrected chi connectivity index (χ0v) is 12.5. The SMILES string of the molecule is NC(=S)c1ccc(NCc2cccs2)c(F)c1Br. The fraction of sp³-hybridized carbons (Fsp3) is 0.0833. The van der Waals surface area contributed by atoms with Gasteiger partial charge in [-0.05, 0) is 39.5 Å². The van der Waals surface area contributed by atoms with Crippen molar-refractivity contribution >= 4 is 50.2 Å². The van der Waals surface area contributed by atoms with E-state index in [2.05, 4.69) is 21.2 Å². The van der Waals surface area contributed by atoms with Crippen LogP contribution in [0.5, 0.6) is 0 Å². The summed E-state index contributed by atoms with van der Waals surface area (Å²) >= 11 is 9.64. The van der Waals surface area contributed by atoms with E-state index in [0.29, 0.717) is 22.3 Å². The van der Waals surface area contributed by atoms with Gasteiger partial charge < -0.3 is 11.1 Å². The molecule has 1 aromatic carbocycles. The molecule has 0 saturated heterocycles. The van der Waals surface area contributed by atoms with Crippen LogP contribution in [0.2, 0.25) is 0 Å². The predicted molar refractivity (Wildman–Crippen MR) is 81.6 cm³/mol. The topological polar surface area (TPSA) is 38.0 Å². The van der Waals surface area contributed by atoms with E-state index in [0.717, 1.165) is 4.88 Å². The van der Waals surface area contributed by atoms with Gasteiger partial charge in [-0.3, -0.25) is 0 Å². The summed E-state index contributed by atoms with van der Waals surface area (Å²) in [5.74, 6) is -0.378. The van der Waals surface area contributed by atoms with E-state index in [1.165, 1.54) is 0 Å². The second kappa shape index (κ2) is 5.77. The third-order valence-corrected chi connectivity index (χ3v) is 4.25. The van der Waals surface area contributed by atoms with Crippen LogP contribution in [0.25, 0.3) is 0 Å². The Morgan fingerprint density at radius 1 is 1.44 bits per heavy atom. The lowest BCUT2D eigenvalue weighted by Crippen LogP contribution is -2.11. The van der Waals surface area contributed by atoms with Gasteiger partial charge in [0.25, 0.3) is 0 Å². The Balaban J connectivity index is 2.19. The molecule has 2 aromatic rings. The molecule has 6 heteroatoms. The molecule has 0 aliphatic carbocycles. The van der Waals surface area contributed by atoms with Crippen molar-refractivity contribution in [2.45, 2.75) is 6.54 Å². The Morgan fingerprint density at radius 3 is 2.83 bits per heavy atom. The molecule has 0 unspecified atom stereocenters. The van der Waals surface area contributed by atoms with Crippen LogP contribution in [0, 0.1) is 5.82 Å². The smallest absolute Gasteiger partial charge is 0.161 e. The molecule has 0 aliphatic rings. The maximum Gasteiger partial charge on any atom is 0.161 e. The summed E-state index contributed by atoms with van der Waals surface area (Å²) in [5, 5.41) is 5.03. The van der Waals surface area contributed by atoms with Gasteiger partial charge in [0.05, 0.1) is 10.2 Å². The van der Waals surface area contributed by atoms with Crippen LogP contribution in [-0.2, 0) is 6.54 Å². The number of benzene rings is 1. The third-order valence-electron chi connectivity index (χ3n) is 2.38. The maximum atomic E-state index is 14.0. The third kappa shape index (κ3) is 2.88. The van der Waals surface area contributed by atoms with E-state index in [1.54, 1.807) is 23.5 Å². The molecule has 0 atom stereocenters. The Hall–Kier alpha value is -0.980. The molecule has 0 amide bonds. The zero-order valence-electron chi connectivity index (χ0n) is 9.24. The lowest BCUT2D eigenvalue weighted by molar-refractivity contribution is 0.623. The summed E-state index contributed by atoms with van der Waals surface area (Å²) in [7, 11) is 0. The summed E-state index contributed by atoms with van der Waals surface area (Å²) in [6.07, 6.45) is 0. The van der Waals surface area contributed by atoms with Crippen LogP contribution < -0.4 is 11.1 Å². The van der Waals surface area contributed by atoms with Gasteiger partial charge in [-0.15, -0.1) is 11.3 Å². The van der Waals surface area contributed by atoms with E-state index < -0.39 is 0 Å². The number of anilines is 1. The molecule has 1 aromatic heterocycles. The van der Waals surface area contributed by atoms with Crippen LogP contribution in [0.1, 0.15) is 10.4 Å². The summed E-state index contributed by atoms with van der Waals surface area (Å²) in [5.41, 5.74) is 6.43. The minimum atomic E-state index is -0.378. The van der Waals surface area contributed by atoms with Crippen molar-refractivity contribution < 1.29 is 4.39 Å². The van der Waals surface area contributed by atoms with Gasteiger partial charge in [0.2, 0.25) is 0 Å². The first-order valence-corrected chi connectivity index (χ1v) is 7.21. The predicted octanol–water partition coefficient (Wildman–Crippen LogP) is 3.90. The lowest BCUT2D eigenvalue weighted by atomic mass is 10.2. The second-order valence-corrected chi connectivity index (χ2v) is 5.85. The first-order valence-electron chi connectivity index (χ1n) is 5.13. The molecular weight excluding hydrogens is 335 g/mol. The van der Waals surface area contributed by atoms with Gasteiger partial charge in [-0.1, -0.05) is 18.3 Å². The van der Waals surface area contributed by atoms with Gasteiger partial charge in [0.15, 0.2) is 5.82 Å². The standard InChI is InChI=1S/C12H10BrFN2S2/c13-10-8(12(15)17)3-4-9(11(10)14)16-6-7-2-1-5-18-7/h1-5,16H,6H2,(H2,15,17). The van der Waals surface area contributed by atoms with E-state index in [-0.39, 0.29) is 10.8 Å². The van der Waals surface area contributed by atoms with Crippen molar-refractivity contribution in [3.05, 3.63) is 50.4 Å². The maximum absolute atomic E-state index is 14.0. The molecule has 2 nitrogen and oxygen atoms in total. The Kier molecular flexibility index (Phi) is 4.31. The van der Waals surface area contributed by atoms with E-state index in [4.69, 9.17) is 18.0 Å². The van der Waals surface area contributed by atoms with Gasteiger partial charge in [0.1, 0.15) is 4.99 Å². The van der Waals surface area contributed by atoms with Gasteiger partial charge in [-0.2, -0.15) is 0 Å². The van der Waals surface area contributed by atoms with Crippen molar-refractivity contribution in [3.63, 3.8) is 0 Å². The Bertz CT molecular complexity index is 570. The number of thiocarbonyl (C=S) groups is 1. The number of thiophene rings is 1. The number of nitrogens with one attached hydrogen (secondary N) is 1. The van der Waals surface area contributed by atoms with Crippen molar-refractivity contribution in [1.82, 2.24) is 0 Å². The van der Waals surface area contributed by atoms with Crippen molar-refractivity contribution in [1.29, 1.82) is 0 Å². The van der Waals surface area contributed by atoms with Gasteiger partial charge in [-0.25, -0.2) is 4.39 Å². The van der Waals surface area contributed by atoms with Crippen LogP contribution in [-0.4, -0.2) is 4.99 Å². The van der Waals surface area contributed by atoms with E-state index in [1.807, 2.05) is 17.5 Å². The highest BCUT2D eigenvalue weighted by Crippen LogP contribution is 2.27. The summed E-state index contributed by atoms with van der Waals surface area (Å²) < 4.78 is 14.3. The lowest BCUT2D eigenvalue weighted by Gasteiger charge is -2.10. The summed E-state index contributed by atoms with van der Waals surface area (Å²) in [6.45, 7) is 0.591. The molecule has 3 N–H and O–H groups in total. The highest BCUT2D eigenvalue weighted by Gasteiger charge is 2.12. The normalized spacial score (nSPS) is 10.3. The molecule has 0 bridgehead atoms. The van der Waals surface area contributed by atoms with Crippen molar-refractivity contribution in [2.75, 3.05) is 5.32 Å². The van der Waals surface area contributed by atoms with Gasteiger partial charge in [0, 0.05) is 17.0 Å². The largest absolute Gasteiger partial charge is 0.389 e. The molecule has 0 radical (unpaired) electrons. The summed E-state index contributed by atoms with van der Waals surface area (Å²) in [4.78, 5) is 1.31. The number of hydrogen-bond donors (Lipinski definition) is 2. The van der Waals surface area contributed by atoms with Gasteiger partial charge >= 0.3 is 0 Å². The molecule has 0 aliphatic heterocycles.